The van der Waals surface area contributed by atoms with E-state index in [9.17, 15) is 10.1 Å². The molecule has 0 saturated carbocycles. The van der Waals surface area contributed by atoms with Gasteiger partial charge in [0.2, 0.25) is 0 Å². The van der Waals surface area contributed by atoms with Crippen molar-refractivity contribution in [2.45, 2.75) is 6.54 Å². The van der Waals surface area contributed by atoms with Gasteiger partial charge in [-0.3, -0.25) is 15.2 Å². The molecule has 0 unspecified atom stereocenters. The zero-order valence-electron chi connectivity index (χ0n) is 9.12. The molecule has 2 rings (SSSR count). The first kappa shape index (κ1) is 11.5. The second-order valence-corrected chi connectivity index (χ2v) is 3.36. The number of nitro groups is 1. The lowest BCUT2D eigenvalue weighted by atomic mass is 10.1. The summed E-state index contributed by atoms with van der Waals surface area (Å²) in [5, 5.41) is 28.9. The van der Waals surface area contributed by atoms with Crippen LogP contribution in [0.15, 0.2) is 24.5 Å². The molecule has 0 aliphatic rings. The third-order valence-corrected chi connectivity index (χ3v) is 2.25. The Morgan fingerprint density at radius 2 is 2.39 bits per heavy atom. The first-order chi connectivity index (χ1) is 8.72. The average Bonchev–Trinajstić information content (AvgIpc) is 2.88. The highest BCUT2D eigenvalue weighted by atomic mass is 16.6. The molecule has 0 aliphatic carbocycles. The van der Waals surface area contributed by atoms with Gasteiger partial charge >= 0.3 is 5.69 Å². The molecule has 0 bridgehead atoms. The fraction of sp³-hybridized carbons (Fsp3) is 0.100. The van der Waals surface area contributed by atoms with E-state index in [4.69, 9.17) is 5.26 Å². The van der Waals surface area contributed by atoms with Crippen LogP contribution >= 0.6 is 0 Å². The topological polar surface area (TPSA) is 121 Å². The minimum atomic E-state index is -0.582. The Morgan fingerprint density at radius 3 is 3.00 bits per heavy atom. The normalized spacial score (nSPS) is 9.72. The third kappa shape index (κ3) is 2.25. The largest absolute Gasteiger partial charge is 0.372 e. The van der Waals surface area contributed by atoms with Crippen LogP contribution in [0.25, 0.3) is 0 Å². The van der Waals surface area contributed by atoms with Crippen LogP contribution in [0.1, 0.15) is 11.4 Å². The molecule has 18 heavy (non-hydrogen) atoms. The van der Waals surface area contributed by atoms with Crippen molar-refractivity contribution < 1.29 is 4.92 Å². The Kier molecular flexibility index (Phi) is 3.15. The zero-order valence-corrected chi connectivity index (χ0v) is 9.12. The lowest BCUT2D eigenvalue weighted by molar-refractivity contribution is -0.384. The Labute approximate surface area is 101 Å². The Bertz CT molecular complexity index is 601. The number of anilines is 1. The van der Waals surface area contributed by atoms with E-state index in [-0.39, 0.29) is 23.5 Å². The van der Waals surface area contributed by atoms with Crippen LogP contribution in [0, 0.1) is 21.4 Å². The number of H-pyrrole nitrogens is 1. The van der Waals surface area contributed by atoms with Crippen LogP contribution in [0.5, 0.6) is 0 Å². The lowest BCUT2D eigenvalue weighted by Gasteiger charge is -2.05. The average molecular weight is 244 g/mol. The van der Waals surface area contributed by atoms with Crippen molar-refractivity contribution in [2.75, 3.05) is 5.32 Å². The van der Waals surface area contributed by atoms with E-state index >= 15 is 0 Å². The van der Waals surface area contributed by atoms with E-state index in [0.29, 0.717) is 5.82 Å². The predicted molar refractivity (Wildman–Crippen MR) is 61.5 cm³/mol. The fourth-order valence-corrected chi connectivity index (χ4v) is 1.47. The number of hydrogen-bond acceptors (Lipinski definition) is 6. The monoisotopic (exact) mass is 244 g/mol. The molecule has 0 aliphatic heterocycles. The van der Waals surface area contributed by atoms with Gasteiger partial charge in [-0.25, -0.2) is 4.98 Å². The zero-order chi connectivity index (χ0) is 13.0. The maximum atomic E-state index is 10.9. The summed E-state index contributed by atoms with van der Waals surface area (Å²) in [5.41, 5.74) is 0.0533. The van der Waals surface area contributed by atoms with Gasteiger partial charge in [-0.05, 0) is 12.1 Å². The van der Waals surface area contributed by atoms with E-state index in [1.165, 1.54) is 18.5 Å². The van der Waals surface area contributed by atoms with Gasteiger partial charge in [0.05, 0.1) is 11.5 Å². The first-order valence-electron chi connectivity index (χ1n) is 4.98. The van der Waals surface area contributed by atoms with Crippen LogP contribution in [-0.4, -0.2) is 20.1 Å². The summed E-state index contributed by atoms with van der Waals surface area (Å²) < 4.78 is 0. The van der Waals surface area contributed by atoms with Crippen LogP contribution in [0.4, 0.5) is 11.4 Å². The Morgan fingerprint density at radius 1 is 1.56 bits per heavy atom. The number of nitrogens with one attached hydrogen (secondary N) is 2. The summed E-state index contributed by atoms with van der Waals surface area (Å²) in [4.78, 5) is 14.2. The quantitative estimate of drug-likeness (QED) is 0.615. The van der Waals surface area contributed by atoms with Gasteiger partial charge in [0.1, 0.15) is 29.5 Å². The van der Waals surface area contributed by atoms with Crippen molar-refractivity contribution in [3.8, 4) is 6.07 Å². The van der Waals surface area contributed by atoms with Crippen LogP contribution in [0.2, 0.25) is 0 Å². The first-order valence-corrected chi connectivity index (χ1v) is 4.98. The van der Waals surface area contributed by atoms with Crippen LogP contribution in [-0.2, 0) is 6.54 Å². The molecule has 1 aromatic carbocycles. The number of hydrogen-bond donors (Lipinski definition) is 2. The molecule has 8 nitrogen and oxygen atoms in total. The second kappa shape index (κ2) is 4.92. The molecule has 2 aromatic rings. The summed E-state index contributed by atoms with van der Waals surface area (Å²) in [5.74, 6) is 0.548. The van der Waals surface area contributed by atoms with Gasteiger partial charge in [0.15, 0.2) is 0 Å². The van der Waals surface area contributed by atoms with Gasteiger partial charge in [0.25, 0.3) is 0 Å². The molecule has 0 fully saturated rings. The molecule has 1 heterocycles. The summed E-state index contributed by atoms with van der Waals surface area (Å²) in [6, 6.07) is 6.31. The highest BCUT2D eigenvalue weighted by molar-refractivity contribution is 5.68. The molecule has 0 amide bonds. The number of aromatic amines is 1. The van der Waals surface area contributed by atoms with Crippen molar-refractivity contribution in [2.24, 2.45) is 0 Å². The summed E-state index contributed by atoms with van der Waals surface area (Å²) >= 11 is 0. The molecule has 2 N–H and O–H groups in total. The third-order valence-electron chi connectivity index (χ3n) is 2.25. The van der Waals surface area contributed by atoms with Gasteiger partial charge in [0, 0.05) is 0 Å². The Balaban J connectivity index is 2.27. The molecule has 0 atom stereocenters. The molecule has 0 saturated heterocycles. The van der Waals surface area contributed by atoms with Crippen LogP contribution in [0.3, 0.4) is 0 Å². The van der Waals surface area contributed by atoms with E-state index in [2.05, 4.69) is 20.5 Å². The molecule has 1 aromatic heterocycles. The predicted octanol–water partition coefficient (Wildman–Crippen LogP) is 1.20. The summed E-state index contributed by atoms with van der Waals surface area (Å²) in [6.45, 7) is 0.260. The molecule has 0 radical (unpaired) electrons. The van der Waals surface area contributed by atoms with E-state index in [1.54, 1.807) is 12.1 Å². The highest BCUT2D eigenvalue weighted by Gasteiger charge is 2.19. The number of nitriles is 1. The fourth-order valence-electron chi connectivity index (χ4n) is 1.47. The summed E-state index contributed by atoms with van der Waals surface area (Å²) in [6.07, 6.45) is 1.34. The van der Waals surface area contributed by atoms with Crippen molar-refractivity contribution in [3.05, 3.63) is 46.0 Å². The smallest absolute Gasteiger partial charge is 0.309 e. The number of rotatable bonds is 4. The summed E-state index contributed by atoms with van der Waals surface area (Å²) in [7, 11) is 0. The van der Waals surface area contributed by atoms with Gasteiger partial charge < -0.3 is 5.32 Å². The number of para-hydroxylation sites is 1. The van der Waals surface area contributed by atoms with Gasteiger partial charge in [-0.1, -0.05) is 6.07 Å². The molecule has 8 heteroatoms. The number of benzene rings is 1. The van der Waals surface area contributed by atoms with E-state index < -0.39 is 4.92 Å². The van der Waals surface area contributed by atoms with Crippen molar-refractivity contribution in [1.29, 1.82) is 5.26 Å². The number of aromatic nitrogens is 3. The Hall–Kier alpha value is -2.95. The van der Waals surface area contributed by atoms with E-state index in [1.807, 2.05) is 0 Å². The van der Waals surface area contributed by atoms with Crippen LogP contribution < -0.4 is 5.32 Å². The lowest BCUT2D eigenvalue weighted by Crippen LogP contribution is -2.05. The van der Waals surface area contributed by atoms with Crippen molar-refractivity contribution in [3.63, 3.8) is 0 Å². The van der Waals surface area contributed by atoms with Gasteiger partial charge in [-0.2, -0.15) is 10.4 Å². The molecule has 90 valence electrons. The van der Waals surface area contributed by atoms with E-state index in [0.717, 1.165) is 0 Å². The van der Waals surface area contributed by atoms with Gasteiger partial charge in [-0.15, -0.1) is 0 Å². The molecular formula is C10H8N6O2. The maximum absolute atomic E-state index is 10.9. The standard InChI is InChI=1S/C10H8N6O2/c11-4-7-2-1-3-8(10(7)16(17)18)12-5-9-13-6-14-15-9/h1-3,6,12H,5H2,(H,13,14,15). The number of nitrogens with zero attached hydrogens (tertiary/aromatic N) is 4. The second-order valence-electron chi connectivity index (χ2n) is 3.36. The minimum absolute atomic E-state index is 0.0163. The minimum Gasteiger partial charge on any atom is -0.372 e. The highest BCUT2D eigenvalue weighted by Crippen LogP contribution is 2.28. The SMILES string of the molecule is N#Cc1cccc(NCc2ncn[nH]2)c1[N+](=O)[O-]. The molecule has 0 spiro atoms. The molecular weight excluding hydrogens is 236 g/mol. The number of nitro benzene ring substituents is 1. The van der Waals surface area contributed by atoms with Crippen molar-refractivity contribution >= 4 is 11.4 Å². The van der Waals surface area contributed by atoms with Crippen molar-refractivity contribution in [1.82, 2.24) is 15.2 Å². The maximum Gasteiger partial charge on any atom is 0.309 e.